The molecule has 0 saturated carbocycles. The van der Waals surface area contributed by atoms with Gasteiger partial charge in [0.2, 0.25) is 0 Å². The number of methoxy groups -OCH3 is 1. The van der Waals surface area contributed by atoms with Gasteiger partial charge in [-0.3, -0.25) is 10.1 Å². The summed E-state index contributed by atoms with van der Waals surface area (Å²) in [4.78, 5) is 37.5. The highest BCUT2D eigenvalue weighted by Gasteiger charge is 2.41. The zero-order valence-electron chi connectivity index (χ0n) is 25.7. The molecule has 2 aromatic carbocycles. The first-order valence-electron chi connectivity index (χ1n) is 14.5. The minimum Gasteiger partial charge on any atom is -0.493 e. The molecule has 2 atom stereocenters. The van der Waals surface area contributed by atoms with Crippen LogP contribution in [0, 0.1) is 21.4 Å². The van der Waals surface area contributed by atoms with Crippen molar-refractivity contribution in [3.63, 3.8) is 0 Å². The Morgan fingerprint density at radius 3 is 2.49 bits per heavy atom. The average molecular weight is 623 g/mol. The number of unbranched alkanes of at least 4 members (excludes halogenated alkanes) is 1. The van der Waals surface area contributed by atoms with E-state index in [-0.39, 0.29) is 52.8 Å². The van der Waals surface area contributed by atoms with Crippen LogP contribution < -0.4 is 20.1 Å². The number of ether oxygens (including phenoxy) is 4. The van der Waals surface area contributed by atoms with Crippen LogP contribution in [0.1, 0.15) is 45.1 Å². The normalized spacial score (nSPS) is 15.2. The number of hydrogen-bond donors (Lipinski definition) is 3. The summed E-state index contributed by atoms with van der Waals surface area (Å²) in [5, 5.41) is 37.7. The van der Waals surface area contributed by atoms with E-state index < -0.39 is 35.0 Å². The molecule has 1 aliphatic heterocycles. The third-order valence-electron chi connectivity index (χ3n) is 6.73. The van der Waals surface area contributed by atoms with Crippen LogP contribution in [0.5, 0.6) is 11.5 Å². The van der Waals surface area contributed by atoms with Crippen LogP contribution in [0.4, 0.5) is 5.69 Å². The lowest BCUT2D eigenvalue weighted by molar-refractivity contribution is -0.384. The number of carbonyl (C=O) groups is 2. The molecule has 2 unspecified atom stereocenters. The molecule has 0 bridgehead atoms. The second-order valence-corrected chi connectivity index (χ2v) is 10.5. The lowest BCUT2D eigenvalue weighted by Gasteiger charge is -2.30. The zero-order chi connectivity index (χ0) is 32.9. The van der Waals surface area contributed by atoms with Crippen LogP contribution in [0.25, 0.3) is 0 Å². The molecule has 13 nitrogen and oxygen atoms in total. The van der Waals surface area contributed by atoms with Gasteiger partial charge in [-0.2, -0.15) is 5.26 Å². The Hall–Kier alpha value is -4.93. The van der Waals surface area contributed by atoms with Gasteiger partial charge < -0.3 is 34.7 Å². The second-order valence-electron chi connectivity index (χ2n) is 10.5. The van der Waals surface area contributed by atoms with Crippen LogP contribution >= 0.6 is 0 Å². The molecule has 3 N–H and O–H groups in total. The summed E-state index contributed by atoms with van der Waals surface area (Å²) < 4.78 is 22.0. The number of nitriles is 1. The summed E-state index contributed by atoms with van der Waals surface area (Å²) in [6.45, 7) is 6.14. The molecule has 45 heavy (non-hydrogen) atoms. The van der Waals surface area contributed by atoms with Crippen molar-refractivity contribution in [3.05, 3.63) is 86.7 Å². The molecule has 0 saturated heterocycles. The van der Waals surface area contributed by atoms with Crippen LogP contribution in [0.15, 0.2) is 71.1 Å². The second kappa shape index (κ2) is 16.8. The number of aliphatic hydroxyl groups excluding tert-OH is 1. The fourth-order valence-electron chi connectivity index (χ4n) is 4.68. The number of dihydropyridines is 1. The van der Waals surface area contributed by atoms with Gasteiger partial charge in [0, 0.05) is 29.9 Å². The summed E-state index contributed by atoms with van der Waals surface area (Å²) in [6.07, 6.45) is 0.0524. The number of nitro benzene ring substituents is 1. The van der Waals surface area contributed by atoms with Crippen LogP contribution in [0.3, 0.4) is 0 Å². The van der Waals surface area contributed by atoms with E-state index in [1.54, 1.807) is 20.8 Å². The third kappa shape index (κ3) is 9.53. The quantitative estimate of drug-likeness (QED) is 0.107. The number of non-ortho nitro benzene ring substituents is 1. The number of allylic oxidation sites excluding steroid dienone is 2. The van der Waals surface area contributed by atoms with Gasteiger partial charge in [-0.15, -0.1) is 0 Å². The topological polar surface area (TPSA) is 182 Å². The molecule has 0 aromatic heterocycles. The molecule has 1 heterocycles. The Kier molecular flexibility index (Phi) is 12.9. The number of benzene rings is 2. The minimum atomic E-state index is -1.25. The fraction of sp³-hybridized carbons (Fsp3) is 0.406. The van der Waals surface area contributed by atoms with Crippen molar-refractivity contribution >= 4 is 17.6 Å². The summed E-state index contributed by atoms with van der Waals surface area (Å²) in [5.74, 6) is -2.05. The molecule has 0 amide bonds. The van der Waals surface area contributed by atoms with Gasteiger partial charge in [-0.05, 0) is 58.4 Å². The minimum absolute atomic E-state index is 0.00699. The van der Waals surface area contributed by atoms with E-state index in [1.165, 1.54) is 18.2 Å². The van der Waals surface area contributed by atoms with Crippen LogP contribution in [0.2, 0.25) is 0 Å². The van der Waals surface area contributed by atoms with Gasteiger partial charge in [-0.1, -0.05) is 18.2 Å². The first-order valence-corrected chi connectivity index (χ1v) is 14.5. The maximum atomic E-state index is 13.3. The predicted molar refractivity (Wildman–Crippen MR) is 163 cm³/mol. The number of nitro groups is 1. The fourth-order valence-corrected chi connectivity index (χ4v) is 4.68. The van der Waals surface area contributed by atoms with Crippen LogP contribution in [-0.2, 0) is 19.1 Å². The van der Waals surface area contributed by atoms with Crippen molar-refractivity contribution in [2.45, 2.75) is 51.7 Å². The SMILES string of the molecule is COC(=O)C1=C(C#N)NC(C)=C(C(=O)OC(C)C)C1c1cc([N+](=O)[O-])ccc1OCCCCNCC(O)COc1ccccc1. The molecule has 1 aliphatic rings. The molecule has 240 valence electrons. The number of rotatable bonds is 16. The van der Waals surface area contributed by atoms with Crippen molar-refractivity contribution in [1.82, 2.24) is 10.6 Å². The average Bonchev–Trinajstić information content (AvgIpc) is 3.02. The van der Waals surface area contributed by atoms with Crippen molar-refractivity contribution in [2.24, 2.45) is 0 Å². The lowest BCUT2D eigenvalue weighted by atomic mass is 9.79. The van der Waals surface area contributed by atoms with Gasteiger partial charge >= 0.3 is 11.9 Å². The van der Waals surface area contributed by atoms with E-state index >= 15 is 0 Å². The highest BCUT2D eigenvalue weighted by atomic mass is 16.6. The molecular weight excluding hydrogens is 584 g/mol. The van der Waals surface area contributed by atoms with Gasteiger partial charge in [0.15, 0.2) is 0 Å². The first-order chi connectivity index (χ1) is 21.6. The summed E-state index contributed by atoms with van der Waals surface area (Å²) in [5.41, 5.74) is -0.293. The highest BCUT2D eigenvalue weighted by molar-refractivity contribution is 6.00. The van der Waals surface area contributed by atoms with Gasteiger partial charge in [0.25, 0.3) is 5.69 Å². The number of aliphatic hydroxyl groups is 1. The number of para-hydroxylation sites is 1. The highest BCUT2D eigenvalue weighted by Crippen LogP contribution is 2.44. The van der Waals surface area contributed by atoms with E-state index in [9.17, 15) is 30.1 Å². The molecular formula is C32H38N4O9. The Balaban J connectivity index is 1.76. The molecule has 0 aliphatic carbocycles. The maximum Gasteiger partial charge on any atom is 0.337 e. The van der Waals surface area contributed by atoms with Crippen molar-refractivity contribution in [1.29, 1.82) is 5.26 Å². The number of carbonyl (C=O) groups excluding carboxylic acids is 2. The summed E-state index contributed by atoms with van der Waals surface area (Å²) >= 11 is 0. The summed E-state index contributed by atoms with van der Waals surface area (Å²) in [6, 6.07) is 15.0. The maximum absolute atomic E-state index is 13.3. The molecule has 13 heteroatoms. The smallest absolute Gasteiger partial charge is 0.337 e. The molecule has 3 rings (SSSR count). The van der Waals surface area contributed by atoms with E-state index in [1.807, 2.05) is 36.4 Å². The Labute approximate surface area is 261 Å². The largest absolute Gasteiger partial charge is 0.493 e. The van der Waals surface area contributed by atoms with E-state index in [0.29, 0.717) is 31.7 Å². The van der Waals surface area contributed by atoms with Gasteiger partial charge in [-0.25, -0.2) is 9.59 Å². The molecule has 2 aromatic rings. The standard InChI is InChI=1S/C32H38N4O9/c1-20(2)45-32(39)28-21(3)35-26(17-33)30(31(38)42-4)29(28)25-16-22(36(40)41)12-13-27(25)43-15-9-8-14-34-18-23(37)19-44-24-10-6-5-7-11-24/h5-7,10-13,16,20,23,29,34-35,37H,8-9,14-15,18-19H2,1-4H3. The number of hydrogen-bond acceptors (Lipinski definition) is 12. The van der Waals surface area contributed by atoms with Gasteiger partial charge in [0.05, 0.1) is 41.8 Å². The molecule has 0 radical (unpaired) electrons. The van der Waals surface area contributed by atoms with E-state index in [0.717, 1.165) is 7.11 Å². The Bertz CT molecular complexity index is 1460. The first kappa shape index (κ1) is 34.6. The number of esters is 2. The van der Waals surface area contributed by atoms with E-state index in [4.69, 9.17) is 18.9 Å². The number of nitrogens with one attached hydrogen (secondary N) is 2. The van der Waals surface area contributed by atoms with Crippen LogP contribution in [-0.4, -0.2) is 67.6 Å². The molecule has 0 spiro atoms. The zero-order valence-corrected chi connectivity index (χ0v) is 25.7. The monoisotopic (exact) mass is 622 g/mol. The van der Waals surface area contributed by atoms with E-state index in [2.05, 4.69) is 10.6 Å². The Morgan fingerprint density at radius 2 is 1.84 bits per heavy atom. The van der Waals surface area contributed by atoms with Gasteiger partial charge in [0.1, 0.15) is 36.0 Å². The third-order valence-corrected chi connectivity index (χ3v) is 6.73. The van der Waals surface area contributed by atoms with Crippen molar-refractivity contribution in [2.75, 3.05) is 33.4 Å². The number of nitrogens with zero attached hydrogens (tertiary/aromatic N) is 2. The lowest BCUT2D eigenvalue weighted by Crippen LogP contribution is -2.33. The molecule has 0 fully saturated rings. The Morgan fingerprint density at radius 1 is 1.11 bits per heavy atom. The van der Waals surface area contributed by atoms with Crippen molar-refractivity contribution < 1.29 is 38.6 Å². The summed E-state index contributed by atoms with van der Waals surface area (Å²) in [7, 11) is 1.13. The predicted octanol–water partition coefficient (Wildman–Crippen LogP) is 3.65. The van der Waals surface area contributed by atoms with Crippen molar-refractivity contribution in [3.8, 4) is 17.6 Å².